The highest BCUT2D eigenvalue weighted by molar-refractivity contribution is 7.97. The van der Waals surface area contributed by atoms with Gasteiger partial charge in [-0.05, 0) is 10.9 Å². The summed E-state index contributed by atoms with van der Waals surface area (Å²) in [5.74, 6) is -1.32. The Bertz CT molecular complexity index is 165. The normalized spacial score (nSPS) is 10.6. The van der Waals surface area contributed by atoms with Gasteiger partial charge in [0, 0.05) is 0 Å². The summed E-state index contributed by atoms with van der Waals surface area (Å²) in [6, 6.07) is 0. The third kappa shape index (κ3) is 5.95. The third-order valence-electron chi connectivity index (χ3n) is 1.30. The van der Waals surface area contributed by atoms with Gasteiger partial charge in [0.1, 0.15) is 11.5 Å². The zero-order valence-electron chi connectivity index (χ0n) is 6.97. The molecule has 0 fully saturated rings. The molecule has 0 amide bonds. The smallest absolute Gasteiger partial charge is 0.306 e. The van der Waals surface area contributed by atoms with E-state index in [1.807, 2.05) is 0 Å². The first-order valence-electron chi connectivity index (χ1n) is 3.67. The predicted octanol–water partition coefficient (Wildman–Crippen LogP) is 0.667. The summed E-state index contributed by atoms with van der Waals surface area (Å²) in [5, 5.41) is 17.0. The lowest BCUT2D eigenvalue weighted by Gasteiger charge is -2.03. The van der Waals surface area contributed by atoms with Gasteiger partial charge in [0.2, 0.25) is 5.83 Å². The molecular formula is C7H12F3O2S+. The summed E-state index contributed by atoms with van der Waals surface area (Å²) in [6.07, 6.45) is -2.31. The maximum Gasteiger partial charge on any atom is 0.306 e. The van der Waals surface area contributed by atoms with Crippen molar-refractivity contribution in [2.75, 3.05) is 30.5 Å². The fourth-order valence-corrected chi connectivity index (χ4v) is 2.22. The molecule has 0 rings (SSSR count). The van der Waals surface area contributed by atoms with Gasteiger partial charge in [-0.25, -0.2) is 4.39 Å². The van der Waals surface area contributed by atoms with Crippen molar-refractivity contribution in [2.45, 2.75) is 0 Å². The van der Waals surface area contributed by atoms with Gasteiger partial charge in [0.05, 0.1) is 13.2 Å². The highest BCUT2D eigenvalue weighted by Crippen LogP contribution is 2.13. The van der Waals surface area contributed by atoms with Gasteiger partial charge in [-0.1, -0.05) is 0 Å². The summed E-state index contributed by atoms with van der Waals surface area (Å²) in [7, 11) is -0.688. The summed E-state index contributed by atoms with van der Waals surface area (Å²) < 4.78 is 35.7. The van der Waals surface area contributed by atoms with Gasteiger partial charge >= 0.3 is 6.08 Å². The number of rotatable bonds is 6. The van der Waals surface area contributed by atoms with Gasteiger partial charge in [-0.3, -0.25) is 0 Å². The number of halogens is 3. The molecule has 0 aliphatic carbocycles. The molecule has 0 unspecified atom stereocenters. The molecule has 0 spiro atoms. The van der Waals surface area contributed by atoms with E-state index in [-0.39, 0.29) is 30.5 Å². The summed E-state index contributed by atoms with van der Waals surface area (Å²) >= 11 is 0. The van der Waals surface area contributed by atoms with Crippen LogP contribution >= 0.6 is 0 Å². The maximum absolute atomic E-state index is 12.4. The van der Waals surface area contributed by atoms with Crippen molar-refractivity contribution in [3.8, 4) is 0 Å². The standard InChI is InChI=1S/C7H12F3O2S/c8-6(7(9)10)5-13(3-1-11)4-2-12/h11-12H,1-5H2/q+1. The van der Waals surface area contributed by atoms with Crippen LogP contribution in [0.5, 0.6) is 0 Å². The molecular weight excluding hydrogens is 205 g/mol. The minimum Gasteiger partial charge on any atom is -0.391 e. The van der Waals surface area contributed by atoms with E-state index in [0.717, 1.165) is 0 Å². The van der Waals surface area contributed by atoms with E-state index >= 15 is 0 Å². The molecule has 0 aromatic rings. The first-order valence-corrected chi connectivity index (χ1v) is 5.40. The van der Waals surface area contributed by atoms with E-state index in [4.69, 9.17) is 10.2 Å². The Morgan fingerprint density at radius 3 is 1.77 bits per heavy atom. The Kier molecular flexibility index (Phi) is 7.12. The van der Waals surface area contributed by atoms with Crippen molar-refractivity contribution in [1.82, 2.24) is 0 Å². The fourth-order valence-electron chi connectivity index (χ4n) is 0.738. The van der Waals surface area contributed by atoms with Crippen LogP contribution in [0.15, 0.2) is 11.9 Å². The van der Waals surface area contributed by atoms with Crippen LogP contribution in [0.2, 0.25) is 0 Å². The molecule has 0 aliphatic rings. The lowest BCUT2D eigenvalue weighted by Crippen LogP contribution is -2.21. The Labute approximate surface area is 77.4 Å². The molecule has 0 heterocycles. The van der Waals surface area contributed by atoms with E-state index in [1.165, 1.54) is 0 Å². The minimum absolute atomic E-state index is 0.176. The van der Waals surface area contributed by atoms with Crippen LogP contribution in [-0.2, 0) is 10.9 Å². The Balaban J connectivity index is 4.01. The zero-order chi connectivity index (χ0) is 10.3. The number of aliphatic hydroxyl groups excluding tert-OH is 2. The van der Waals surface area contributed by atoms with E-state index < -0.39 is 22.8 Å². The monoisotopic (exact) mass is 217 g/mol. The second-order valence-corrected chi connectivity index (χ2v) is 4.61. The van der Waals surface area contributed by atoms with Crippen molar-refractivity contribution in [3.05, 3.63) is 11.9 Å². The van der Waals surface area contributed by atoms with E-state index in [1.54, 1.807) is 0 Å². The van der Waals surface area contributed by atoms with Crippen LogP contribution in [0.3, 0.4) is 0 Å². The number of hydrogen-bond donors (Lipinski definition) is 2. The predicted molar refractivity (Wildman–Crippen MR) is 46.5 cm³/mol. The summed E-state index contributed by atoms with van der Waals surface area (Å²) in [6.45, 7) is -0.353. The number of aliphatic hydroxyl groups is 2. The Morgan fingerprint density at radius 1 is 1.00 bits per heavy atom. The van der Waals surface area contributed by atoms with Crippen molar-refractivity contribution in [3.63, 3.8) is 0 Å². The molecule has 0 aliphatic heterocycles. The Hall–Kier alpha value is -0.200. The first kappa shape index (κ1) is 12.8. The summed E-state index contributed by atoms with van der Waals surface area (Å²) in [5.41, 5.74) is 0. The highest BCUT2D eigenvalue weighted by atomic mass is 32.2. The molecule has 0 aromatic carbocycles. The van der Waals surface area contributed by atoms with E-state index in [9.17, 15) is 13.2 Å². The first-order chi connectivity index (χ1) is 6.11. The SMILES string of the molecule is OCC[S+](CCO)CC(F)=C(F)F. The van der Waals surface area contributed by atoms with Crippen molar-refractivity contribution >= 4 is 10.9 Å². The molecule has 0 radical (unpaired) electrons. The lowest BCUT2D eigenvalue weighted by molar-refractivity contribution is 0.316. The summed E-state index contributed by atoms with van der Waals surface area (Å²) in [4.78, 5) is 0. The highest BCUT2D eigenvalue weighted by Gasteiger charge is 2.21. The van der Waals surface area contributed by atoms with Gasteiger partial charge < -0.3 is 10.2 Å². The van der Waals surface area contributed by atoms with E-state index in [0.29, 0.717) is 0 Å². The molecule has 0 saturated heterocycles. The molecule has 0 aromatic heterocycles. The minimum atomic E-state index is -2.31. The largest absolute Gasteiger partial charge is 0.391 e. The molecule has 2 nitrogen and oxygen atoms in total. The molecule has 78 valence electrons. The van der Waals surface area contributed by atoms with Gasteiger partial charge in [0.15, 0.2) is 5.75 Å². The van der Waals surface area contributed by atoms with Crippen molar-refractivity contribution in [2.24, 2.45) is 0 Å². The van der Waals surface area contributed by atoms with Gasteiger partial charge in [0.25, 0.3) is 0 Å². The second kappa shape index (κ2) is 7.23. The number of hydrogen-bond acceptors (Lipinski definition) is 2. The molecule has 0 bridgehead atoms. The van der Waals surface area contributed by atoms with Gasteiger partial charge in [-0.15, -0.1) is 0 Å². The quantitative estimate of drug-likeness (QED) is 0.642. The average Bonchev–Trinajstić information content (AvgIpc) is 2.05. The molecule has 0 atom stereocenters. The van der Waals surface area contributed by atoms with Crippen LogP contribution in [0.4, 0.5) is 13.2 Å². The second-order valence-electron chi connectivity index (χ2n) is 2.28. The molecule has 6 heteroatoms. The lowest BCUT2D eigenvalue weighted by atomic mass is 10.7. The molecule has 13 heavy (non-hydrogen) atoms. The topological polar surface area (TPSA) is 40.5 Å². The average molecular weight is 217 g/mol. The van der Waals surface area contributed by atoms with Crippen LogP contribution in [0, 0.1) is 0 Å². The fraction of sp³-hybridized carbons (Fsp3) is 0.714. The zero-order valence-corrected chi connectivity index (χ0v) is 7.79. The van der Waals surface area contributed by atoms with Crippen molar-refractivity contribution in [1.29, 1.82) is 0 Å². The third-order valence-corrected chi connectivity index (χ3v) is 3.48. The Morgan fingerprint density at radius 2 is 1.46 bits per heavy atom. The van der Waals surface area contributed by atoms with Crippen LogP contribution in [0.25, 0.3) is 0 Å². The molecule has 0 saturated carbocycles. The van der Waals surface area contributed by atoms with Crippen molar-refractivity contribution < 1.29 is 23.4 Å². The van der Waals surface area contributed by atoms with Crippen LogP contribution in [0.1, 0.15) is 0 Å². The van der Waals surface area contributed by atoms with Crippen LogP contribution < -0.4 is 0 Å². The maximum atomic E-state index is 12.4. The molecule has 2 N–H and O–H groups in total. The van der Waals surface area contributed by atoms with Crippen LogP contribution in [-0.4, -0.2) is 40.7 Å². The van der Waals surface area contributed by atoms with Gasteiger partial charge in [-0.2, -0.15) is 8.78 Å². The van der Waals surface area contributed by atoms with E-state index in [2.05, 4.69) is 0 Å².